The van der Waals surface area contributed by atoms with Crippen LogP contribution in [0.1, 0.15) is 32.6 Å². The molecule has 0 unspecified atom stereocenters. The molecule has 0 aromatic carbocycles. The summed E-state index contributed by atoms with van der Waals surface area (Å²) in [5.41, 5.74) is 0. The third-order valence-electron chi connectivity index (χ3n) is 3.95. The number of rotatable bonds is 5. The van der Waals surface area contributed by atoms with Crippen LogP contribution in [0.5, 0.6) is 0 Å². The molecule has 2 rings (SSSR count). The Morgan fingerprint density at radius 2 is 2.11 bits per heavy atom. The first kappa shape index (κ1) is 14.8. The molecule has 5 heteroatoms. The summed E-state index contributed by atoms with van der Waals surface area (Å²) in [6.45, 7) is 6.69. The van der Waals surface area contributed by atoms with Crippen molar-refractivity contribution >= 4 is 5.91 Å². The van der Waals surface area contributed by atoms with Gasteiger partial charge in [0.15, 0.2) is 0 Å². The Balaban J connectivity index is 1.64. The molecule has 0 aromatic heterocycles. The van der Waals surface area contributed by atoms with Crippen molar-refractivity contribution in [3.8, 4) is 0 Å². The summed E-state index contributed by atoms with van der Waals surface area (Å²) in [6, 6.07) is 0. The van der Waals surface area contributed by atoms with Crippen molar-refractivity contribution in [2.75, 3.05) is 39.3 Å². The van der Waals surface area contributed by atoms with E-state index in [4.69, 9.17) is 4.74 Å². The Morgan fingerprint density at radius 1 is 1.37 bits per heavy atom. The lowest BCUT2D eigenvalue weighted by Crippen LogP contribution is -2.50. The molecule has 2 aliphatic rings. The van der Waals surface area contributed by atoms with Crippen molar-refractivity contribution in [1.82, 2.24) is 9.80 Å². The van der Waals surface area contributed by atoms with Crippen molar-refractivity contribution < 1.29 is 14.6 Å². The van der Waals surface area contributed by atoms with E-state index in [-0.39, 0.29) is 12.0 Å². The van der Waals surface area contributed by atoms with E-state index < -0.39 is 0 Å². The molecule has 1 amide bonds. The van der Waals surface area contributed by atoms with Gasteiger partial charge >= 0.3 is 0 Å². The van der Waals surface area contributed by atoms with Gasteiger partial charge in [-0.1, -0.05) is 0 Å². The van der Waals surface area contributed by atoms with Crippen LogP contribution in [0.15, 0.2) is 0 Å². The van der Waals surface area contributed by atoms with Gasteiger partial charge in [-0.05, 0) is 26.2 Å². The average molecular weight is 270 g/mol. The van der Waals surface area contributed by atoms with Gasteiger partial charge in [0.1, 0.15) is 0 Å². The maximum Gasteiger partial charge on any atom is 0.222 e. The number of β-amino-alcohol motifs (C(OH)–C–C–N with tert-alkyl or cyclic N) is 1. The van der Waals surface area contributed by atoms with Crippen LogP contribution in [-0.2, 0) is 9.53 Å². The van der Waals surface area contributed by atoms with Gasteiger partial charge in [0.25, 0.3) is 0 Å². The summed E-state index contributed by atoms with van der Waals surface area (Å²) >= 11 is 0. The molecule has 0 aromatic rings. The Hall–Kier alpha value is -0.650. The van der Waals surface area contributed by atoms with E-state index in [9.17, 15) is 9.90 Å². The third kappa shape index (κ3) is 4.75. The normalized spacial score (nSPS) is 26.6. The van der Waals surface area contributed by atoms with Gasteiger partial charge < -0.3 is 14.7 Å². The Bertz CT molecular complexity index is 282. The number of aliphatic hydroxyl groups is 1. The van der Waals surface area contributed by atoms with Crippen LogP contribution in [0.25, 0.3) is 0 Å². The molecule has 0 bridgehead atoms. The molecule has 19 heavy (non-hydrogen) atoms. The molecule has 2 aliphatic heterocycles. The highest BCUT2D eigenvalue weighted by Gasteiger charge is 2.23. The second kappa shape index (κ2) is 7.22. The first-order valence-corrected chi connectivity index (χ1v) is 7.45. The quantitative estimate of drug-likeness (QED) is 0.789. The highest BCUT2D eigenvalue weighted by molar-refractivity contribution is 5.76. The van der Waals surface area contributed by atoms with Gasteiger partial charge in [-0.25, -0.2) is 0 Å². The monoisotopic (exact) mass is 270 g/mol. The molecule has 2 saturated heterocycles. The molecule has 0 saturated carbocycles. The van der Waals surface area contributed by atoms with Gasteiger partial charge in [0.2, 0.25) is 5.91 Å². The highest BCUT2D eigenvalue weighted by Crippen LogP contribution is 2.17. The lowest BCUT2D eigenvalue weighted by molar-refractivity contribution is -0.133. The van der Waals surface area contributed by atoms with Crippen LogP contribution >= 0.6 is 0 Å². The minimum Gasteiger partial charge on any atom is -0.392 e. The summed E-state index contributed by atoms with van der Waals surface area (Å²) in [5.74, 6) is 0.257. The molecule has 0 spiro atoms. The van der Waals surface area contributed by atoms with Crippen molar-refractivity contribution in [2.45, 2.75) is 44.8 Å². The fourth-order valence-electron chi connectivity index (χ4n) is 2.87. The number of amides is 1. The summed E-state index contributed by atoms with van der Waals surface area (Å²) in [4.78, 5) is 16.3. The molecule has 2 fully saturated rings. The zero-order valence-electron chi connectivity index (χ0n) is 11.9. The Labute approximate surface area is 115 Å². The second-order valence-electron chi connectivity index (χ2n) is 5.70. The van der Waals surface area contributed by atoms with E-state index in [1.165, 1.54) is 0 Å². The molecule has 5 nitrogen and oxygen atoms in total. The number of carbonyl (C=O) groups excluding carboxylic acids is 1. The number of piperazine rings is 1. The smallest absolute Gasteiger partial charge is 0.222 e. The molecule has 1 N–H and O–H groups in total. The molecule has 2 heterocycles. The SMILES string of the molecule is C[C@@H](O)CN1CCN(C(=O)CC[C@@H]2CCCO2)CC1. The number of carbonyl (C=O) groups is 1. The van der Waals surface area contributed by atoms with E-state index in [1.54, 1.807) is 6.92 Å². The van der Waals surface area contributed by atoms with Crippen LogP contribution in [0.3, 0.4) is 0 Å². The maximum atomic E-state index is 12.1. The number of aliphatic hydroxyl groups excluding tert-OH is 1. The minimum atomic E-state index is -0.290. The summed E-state index contributed by atoms with van der Waals surface area (Å²) in [5, 5.41) is 9.35. The first-order valence-electron chi connectivity index (χ1n) is 7.45. The highest BCUT2D eigenvalue weighted by atomic mass is 16.5. The van der Waals surface area contributed by atoms with Crippen LogP contribution in [-0.4, -0.2) is 72.4 Å². The minimum absolute atomic E-state index is 0.257. The third-order valence-corrected chi connectivity index (χ3v) is 3.95. The van der Waals surface area contributed by atoms with Crippen molar-refractivity contribution in [1.29, 1.82) is 0 Å². The lowest BCUT2D eigenvalue weighted by atomic mass is 10.1. The largest absolute Gasteiger partial charge is 0.392 e. The number of hydrogen-bond acceptors (Lipinski definition) is 4. The molecule has 110 valence electrons. The fourth-order valence-corrected chi connectivity index (χ4v) is 2.87. The molecule has 0 radical (unpaired) electrons. The summed E-state index contributed by atoms with van der Waals surface area (Å²) in [7, 11) is 0. The van der Waals surface area contributed by atoms with E-state index in [0.29, 0.717) is 19.1 Å². The summed E-state index contributed by atoms with van der Waals surface area (Å²) < 4.78 is 5.54. The van der Waals surface area contributed by atoms with Gasteiger partial charge in [-0.2, -0.15) is 0 Å². The van der Waals surface area contributed by atoms with Crippen LogP contribution < -0.4 is 0 Å². The molecular formula is C14H26N2O3. The number of nitrogens with zero attached hydrogens (tertiary/aromatic N) is 2. The van der Waals surface area contributed by atoms with Crippen molar-refractivity contribution in [3.05, 3.63) is 0 Å². The predicted octanol–water partition coefficient (Wildman–Crippen LogP) is 0.471. The van der Waals surface area contributed by atoms with Crippen LogP contribution in [0.2, 0.25) is 0 Å². The first-order chi connectivity index (χ1) is 9.15. The van der Waals surface area contributed by atoms with Gasteiger partial charge in [-0.3, -0.25) is 9.69 Å². The van der Waals surface area contributed by atoms with E-state index in [2.05, 4.69) is 4.90 Å². The molecule has 0 aliphatic carbocycles. The van der Waals surface area contributed by atoms with Gasteiger partial charge in [-0.15, -0.1) is 0 Å². The second-order valence-corrected chi connectivity index (χ2v) is 5.70. The van der Waals surface area contributed by atoms with E-state index in [1.807, 2.05) is 4.90 Å². The topological polar surface area (TPSA) is 53.0 Å². The lowest BCUT2D eigenvalue weighted by Gasteiger charge is -2.35. The fraction of sp³-hybridized carbons (Fsp3) is 0.929. The molecule has 2 atom stereocenters. The zero-order valence-corrected chi connectivity index (χ0v) is 11.9. The van der Waals surface area contributed by atoms with Crippen LogP contribution in [0, 0.1) is 0 Å². The van der Waals surface area contributed by atoms with Crippen molar-refractivity contribution in [2.24, 2.45) is 0 Å². The maximum absolute atomic E-state index is 12.1. The Kier molecular flexibility index (Phi) is 5.60. The predicted molar refractivity (Wildman–Crippen MR) is 72.9 cm³/mol. The Morgan fingerprint density at radius 3 is 2.68 bits per heavy atom. The van der Waals surface area contributed by atoms with E-state index >= 15 is 0 Å². The summed E-state index contributed by atoms with van der Waals surface area (Å²) in [6.07, 6.45) is 3.74. The van der Waals surface area contributed by atoms with Crippen molar-refractivity contribution in [3.63, 3.8) is 0 Å². The number of hydrogen-bond donors (Lipinski definition) is 1. The zero-order chi connectivity index (χ0) is 13.7. The molecular weight excluding hydrogens is 244 g/mol. The average Bonchev–Trinajstić information content (AvgIpc) is 2.89. The van der Waals surface area contributed by atoms with E-state index in [0.717, 1.165) is 52.0 Å². The standard InChI is InChI=1S/C14H26N2O3/c1-12(17)11-15-6-8-16(9-7-15)14(18)5-4-13-3-2-10-19-13/h12-13,17H,2-11H2,1H3/t12-,13+/m1/s1. The van der Waals surface area contributed by atoms with Gasteiger partial charge in [0, 0.05) is 45.8 Å². The van der Waals surface area contributed by atoms with Gasteiger partial charge in [0.05, 0.1) is 12.2 Å². The van der Waals surface area contributed by atoms with Crippen LogP contribution in [0.4, 0.5) is 0 Å². The number of ether oxygens (including phenoxy) is 1.